The molecule has 3 aromatic rings. The van der Waals surface area contributed by atoms with Gasteiger partial charge in [0.1, 0.15) is 0 Å². The van der Waals surface area contributed by atoms with E-state index >= 15 is 0 Å². The molecule has 8 heteroatoms. The van der Waals surface area contributed by atoms with Gasteiger partial charge in [0.25, 0.3) is 0 Å². The van der Waals surface area contributed by atoms with Crippen LogP contribution in [0.5, 0.6) is 0 Å². The number of aromatic nitrogens is 3. The molecule has 2 N–H and O–H groups in total. The number of benzene rings is 2. The van der Waals surface area contributed by atoms with E-state index in [9.17, 15) is 13.2 Å². The van der Waals surface area contributed by atoms with E-state index in [2.05, 4.69) is 10.2 Å². The molecule has 0 aliphatic heterocycles. The second-order valence-corrected chi connectivity index (χ2v) is 5.94. The molecule has 124 valence electrons. The fourth-order valence-electron chi connectivity index (χ4n) is 2.16. The molecule has 24 heavy (non-hydrogen) atoms. The zero-order valence-electron chi connectivity index (χ0n) is 12.4. The average Bonchev–Trinajstić information content (AvgIpc) is 2.94. The molecule has 0 aliphatic carbocycles. The standard InChI is InChI=1S/C16H13F3N4S/c17-16(18,19)12-7-4-8-13(9-12)23-14(20)21-22-15(23)24-10-11-5-2-1-3-6-11/h1-9H,10H2,(H2,20,21). The Hall–Kier alpha value is -2.48. The number of rotatable bonds is 4. The molecule has 0 saturated heterocycles. The first-order valence-electron chi connectivity index (χ1n) is 7.00. The van der Waals surface area contributed by atoms with E-state index in [1.807, 2.05) is 30.3 Å². The van der Waals surface area contributed by atoms with Crippen LogP contribution >= 0.6 is 11.8 Å². The van der Waals surface area contributed by atoms with Crippen LogP contribution in [0, 0.1) is 0 Å². The van der Waals surface area contributed by atoms with Gasteiger partial charge in [-0.05, 0) is 23.8 Å². The lowest BCUT2D eigenvalue weighted by Gasteiger charge is -2.11. The molecule has 4 nitrogen and oxygen atoms in total. The third-order valence-electron chi connectivity index (χ3n) is 3.30. The molecule has 3 rings (SSSR count). The monoisotopic (exact) mass is 350 g/mol. The van der Waals surface area contributed by atoms with Crippen LogP contribution in [0.2, 0.25) is 0 Å². The first kappa shape index (κ1) is 16.4. The number of nitrogen functional groups attached to an aromatic ring is 1. The summed E-state index contributed by atoms with van der Waals surface area (Å²) in [7, 11) is 0. The zero-order chi connectivity index (χ0) is 17.2. The topological polar surface area (TPSA) is 56.7 Å². The molecule has 0 amide bonds. The summed E-state index contributed by atoms with van der Waals surface area (Å²) in [6.45, 7) is 0. The molecule has 0 bridgehead atoms. The maximum Gasteiger partial charge on any atom is 0.416 e. The van der Waals surface area contributed by atoms with E-state index in [-0.39, 0.29) is 11.6 Å². The lowest BCUT2D eigenvalue weighted by molar-refractivity contribution is -0.137. The van der Waals surface area contributed by atoms with Crippen LogP contribution in [0.25, 0.3) is 5.69 Å². The van der Waals surface area contributed by atoms with Crippen LogP contribution in [-0.4, -0.2) is 14.8 Å². The van der Waals surface area contributed by atoms with Gasteiger partial charge in [0.05, 0.1) is 11.3 Å². The molecular weight excluding hydrogens is 337 g/mol. The van der Waals surface area contributed by atoms with E-state index in [0.717, 1.165) is 17.7 Å². The Morgan fingerprint density at radius 2 is 1.75 bits per heavy atom. The Labute approximate surface area is 140 Å². The summed E-state index contributed by atoms with van der Waals surface area (Å²) in [5, 5.41) is 8.19. The SMILES string of the molecule is Nc1nnc(SCc2ccccc2)n1-c1cccc(C(F)(F)F)c1. The maximum absolute atomic E-state index is 12.9. The number of nitrogens with two attached hydrogens (primary N) is 1. The largest absolute Gasteiger partial charge is 0.416 e. The summed E-state index contributed by atoms with van der Waals surface area (Å²) in [6, 6.07) is 14.6. The van der Waals surface area contributed by atoms with E-state index < -0.39 is 11.7 Å². The van der Waals surface area contributed by atoms with Crippen molar-refractivity contribution in [1.29, 1.82) is 0 Å². The van der Waals surface area contributed by atoms with Crippen LogP contribution in [-0.2, 0) is 11.9 Å². The van der Waals surface area contributed by atoms with Gasteiger partial charge in [-0.1, -0.05) is 48.2 Å². The van der Waals surface area contributed by atoms with Crippen LogP contribution in [0.3, 0.4) is 0 Å². The van der Waals surface area contributed by atoms with Gasteiger partial charge in [0.15, 0.2) is 5.16 Å². The number of hydrogen-bond donors (Lipinski definition) is 1. The molecule has 2 aromatic carbocycles. The van der Waals surface area contributed by atoms with Crippen LogP contribution in [0.15, 0.2) is 59.8 Å². The van der Waals surface area contributed by atoms with Crippen LogP contribution < -0.4 is 5.73 Å². The molecule has 0 radical (unpaired) electrons. The van der Waals surface area contributed by atoms with Crippen molar-refractivity contribution >= 4 is 17.7 Å². The van der Waals surface area contributed by atoms with E-state index in [0.29, 0.717) is 10.9 Å². The van der Waals surface area contributed by atoms with Crippen molar-refractivity contribution in [2.45, 2.75) is 17.1 Å². The molecule has 0 saturated carbocycles. The lowest BCUT2D eigenvalue weighted by Crippen LogP contribution is -2.07. The van der Waals surface area contributed by atoms with E-state index in [1.54, 1.807) is 6.07 Å². The van der Waals surface area contributed by atoms with Gasteiger partial charge in [-0.15, -0.1) is 10.2 Å². The van der Waals surface area contributed by atoms with Crippen molar-refractivity contribution in [3.05, 3.63) is 65.7 Å². The fourth-order valence-corrected chi connectivity index (χ4v) is 3.08. The summed E-state index contributed by atoms with van der Waals surface area (Å²) < 4.78 is 40.1. The fraction of sp³-hybridized carbons (Fsp3) is 0.125. The summed E-state index contributed by atoms with van der Waals surface area (Å²) in [5.41, 5.74) is 6.40. The summed E-state index contributed by atoms with van der Waals surface area (Å²) in [6.07, 6.45) is -4.42. The Bertz CT molecular complexity index is 831. The number of halogens is 3. The van der Waals surface area contributed by atoms with Crippen molar-refractivity contribution in [2.75, 3.05) is 5.73 Å². The Kier molecular flexibility index (Phi) is 4.48. The van der Waals surface area contributed by atoms with E-state index in [1.165, 1.54) is 22.4 Å². The predicted octanol–water partition coefficient (Wildman–Crippen LogP) is 4.16. The smallest absolute Gasteiger partial charge is 0.368 e. The number of alkyl halides is 3. The summed E-state index contributed by atoms with van der Waals surface area (Å²) in [5.74, 6) is 0.655. The van der Waals surface area contributed by atoms with Gasteiger partial charge >= 0.3 is 6.18 Å². The van der Waals surface area contributed by atoms with Crippen molar-refractivity contribution < 1.29 is 13.2 Å². The van der Waals surface area contributed by atoms with Gasteiger partial charge < -0.3 is 5.73 Å². The van der Waals surface area contributed by atoms with Gasteiger partial charge in [-0.25, -0.2) is 0 Å². The number of hydrogen-bond acceptors (Lipinski definition) is 4. The number of anilines is 1. The first-order chi connectivity index (χ1) is 11.4. The molecule has 0 aliphatic rings. The molecule has 0 atom stereocenters. The zero-order valence-corrected chi connectivity index (χ0v) is 13.2. The second-order valence-electron chi connectivity index (χ2n) is 5.00. The average molecular weight is 350 g/mol. The lowest BCUT2D eigenvalue weighted by atomic mass is 10.2. The van der Waals surface area contributed by atoms with Gasteiger partial charge in [0.2, 0.25) is 5.95 Å². The van der Waals surface area contributed by atoms with Crippen molar-refractivity contribution in [3.63, 3.8) is 0 Å². The van der Waals surface area contributed by atoms with Crippen molar-refractivity contribution in [3.8, 4) is 5.69 Å². The predicted molar refractivity (Wildman–Crippen MR) is 86.8 cm³/mol. The van der Waals surface area contributed by atoms with Gasteiger partial charge in [0, 0.05) is 5.75 Å². The molecule has 0 fully saturated rings. The number of nitrogens with zero attached hydrogens (tertiary/aromatic N) is 3. The summed E-state index contributed by atoms with van der Waals surface area (Å²) >= 11 is 1.36. The second kappa shape index (κ2) is 6.56. The van der Waals surface area contributed by atoms with E-state index in [4.69, 9.17) is 5.73 Å². The molecule has 0 spiro atoms. The highest BCUT2D eigenvalue weighted by Crippen LogP contribution is 2.32. The Balaban J connectivity index is 1.90. The minimum Gasteiger partial charge on any atom is -0.368 e. The third kappa shape index (κ3) is 3.53. The van der Waals surface area contributed by atoms with Crippen molar-refractivity contribution in [2.24, 2.45) is 0 Å². The first-order valence-corrected chi connectivity index (χ1v) is 7.99. The van der Waals surface area contributed by atoms with Crippen LogP contribution in [0.1, 0.15) is 11.1 Å². The Morgan fingerprint density at radius 1 is 1.00 bits per heavy atom. The molecule has 0 unspecified atom stereocenters. The third-order valence-corrected chi connectivity index (χ3v) is 4.30. The maximum atomic E-state index is 12.9. The summed E-state index contributed by atoms with van der Waals surface area (Å²) in [4.78, 5) is 0. The molecular formula is C16H13F3N4S. The van der Waals surface area contributed by atoms with Gasteiger partial charge in [-0.3, -0.25) is 4.57 Å². The normalized spacial score (nSPS) is 11.6. The minimum atomic E-state index is -4.42. The highest BCUT2D eigenvalue weighted by atomic mass is 32.2. The minimum absolute atomic E-state index is 0.0462. The quantitative estimate of drug-likeness (QED) is 0.718. The highest BCUT2D eigenvalue weighted by molar-refractivity contribution is 7.98. The number of thioether (sulfide) groups is 1. The van der Waals surface area contributed by atoms with Crippen LogP contribution in [0.4, 0.5) is 19.1 Å². The molecule has 1 aromatic heterocycles. The van der Waals surface area contributed by atoms with Crippen molar-refractivity contribution in [1.82, 2.24) is 14.8 Å². The highest BCUT2D eigenvalue weighted by Gasteiger charge is 2.30. The Morgan fingerprint density at radius 3 is 2.46 bits per heavy atom. The van der Waals surface area contributed by atoms with Gasteiger partial charge in [-0.2, -0.15) is 13.2 Å². The molecule has 1 heterocycles.